The Balaban J connectivity index is 2.26. The second kappa shape index (κ2) is 4.44. The van der Waals surface area contributed by atoms with Gasteiger partial charge in [-0.25, -0.2) is 9.37 Å². The van der Waals surface area contributed by atoms with E-state index in [2.05, 4.69) is 15.3 Å². The molecule has 1 aliphatic rings. The third-order valence-electron chi connectivity index (χ3n) is 2.67. The van der Waals surface area contributed by atoms with Crippen molar-refractivity contribution in [3.63, 3.8) is 0 Å². The number of nitrogens with zero attached hydrogens (tertiary/aromatic N) is 3. The van der Waals surface area contributed by atoms with E-state index in [4.69, 9.17) is 4.74 Å². The van der Waals surface area contributed by atoms with Crippen LogP contribution in [0.5, 0.6) is 0 Å². The quantitative estimate of drug-likeness (QED) is 0.843. The van der Waals surface area contributed by atoms with Crippen LogP contribution < -0.4 is 10.2 Å². The molecule has 94 valence electrons. The third-order valence-corrected chi connectivity index (χ3v) is 2.67. The predicted molar refractivity (Wildman–Crippen MR) is 63.8 cm³/mol. The van der Waals surface area contributed by atoms with Crippen LogP contribution in [-0.2, 0) is 4.74 Å². The monoisotopic (exact) mass is 240 g/mol. The van der Waals surface area contributed by atoms with Crippen molar-refractivity contribution in [1.29, 1.82) is 0 Å². The smallest absolute Gasteiger partial charge is 0.224 e. The molecule has 6 heteroatoms. The number of rotatable bonds is 2. The van der Waals surface area contributed by atoms with E-state index in [0.717, 1.165) is 0 Å². The van der Waals surface area contributed by atoms with Crippen LogP contribution in [0.1, 0.15) is 13.8 Å². The van der Waals surface area contributed by atoms with Crippen molar-refractivity contribution in [2.75, 3.05) is 37.0 Å². The van der Waals surface area contributed by atoms with E-state index in [1.54, 1.807) is 7.05 Å². The summed E-state index contributed by atoms with van der Waals surface area (Å²) in [5.41, 5.74) is -0.282. The first-order valence-corrected chi connectivity index (χ1v) is 5.61. The number of hydrogen-bond acceptors (Lipinski definition) is 5. The SMILES string of the molecule is CNc1ncc(F)c(N2CCOC(C)(C)C2)n1. The summed E-state index contributed by atoms with van der Waals surface area (Å²) in [4.78, 5) is 9.88. The van der Waals surface area contributed by atoms with Gasteiger partial charge in [-0.15, -0.1) is 0 Å². The lowest BCUT2D eigenvalue weighted by Crippen LogP contribution is -2.49. The Morgan fingerprint density at radius 3 is 2.94 bits per heavy atom. The van der Waals surface area contributed by atoms with Gasteiger partial charge in [0.2, 0.25) is 5.95 Å². The fourth-order valence-corrected chi connectivity index (χ4v) is 1.90. The molecular weight excluding hydrogens is 223 g/mol. The summed E-state index contributed by atoms with van der Waals surface area (Å²) in [5, 5.41) is 2.81. The van der Waals surface area contributed by atoms with E-state index < -0.39 is 5.82 Å². The van der Waals surface area contributed by atoms with Crippen LogP contribution in [-0.4, -0.2) is 42.3 Å². The van der Waals surface area contributed by atoms with Gasteiger partial charge < -0.3 is 15.0 Å². The van der Waals surface area contributed by atoms with E-state index in [0.29, 0.717) is 31.5 Å². The zero-order chi connectivity index (χ0) is 12.5. The average molecular weight is 240 g/mol. The molecule has 0 aromatic carbocycles. The lowest BCUT2D eigenvalue weighted by Gasteiger charge is -2.38. The van der Waals surface area contributed by atoms with Crippen LogP contribution in [0.15, 0.2) is 6.20 Å². The molecule has 17 heavy (non-hydrogen) atoms. The van der Waals surface area contributed by atoms with E-state index in [9.17, 15) is 4.39 Å². The summed E-state index contributed by atoms with van der Waals surface area (Å²) in [6.07, 6.45) is 1.19. The predicted octanol–water partition coefficient (Wildman–Crippen LogP) is 1.27. The fraction of sp³-hybridized carbons (Fsp3) is 0.636. The summed E-state index contributed by atoms with van der Waals surface area (Å²) >= 11 is 0. The minimum absolute atomic E-state index is 0.282. The number of nitrogens with one attached hydrogen (secondary N) is 1. The van der Waals surface area contributed by atoms with Crippen molar-refractivity contribution < 1.29 is 9.13 Å². The Hall–Kier alpha value is -1.43. The van der Waals surface area contributed by atoms with Crippen LogP contribution in [0.3, 0.4) is 0 Å². The summed E-state index contributed by atoms with van der Waals surface area (Å²) in [7, 11) is 1.71. The maximum atomic E-state index is 13.7. The lowest BCUT2D eigenvalue weighted by molar-refractivity contribution is -0.0280. The molecule has 5 nitrogen and oxygen atoms in total. The maximum absolute atomic E-state index is 13.7. The molecule has 2 rings (SSSR count). The first kappa shape index (κ1) is 12.0. The molecule has 0 amide bonds. The molecular formula is C11H17FN4O. The first-order chi connectivity index (χ1) is 8.02. The molecule has 0 saturated carbocycles. The molecule has 0 bridgehead atoms. The topological polar surface area (TPSA) is 50.3 Å². The van der Waals surface area contributed by atoms with E-state index in [1.807, 2.05) is 18.7 Å². The van der Waals surface area contributed by atoms with Crippen LogP contribution in [0.4, 0.5) is 16.2 Å². The molecule has 1 aromatic heterocycles. The highest BCUT2D eigenvalue weighted by atomic mass is 19.1. The minimum Gasteiger partial charge on any atom is -0.372 e. The van der Waals surface area contributed by atoms with E-state index >= 15 is 0 Å². The Bertz CT molecular complexity index is 410. The standard InChI is InChI=1S/C11H17FN4O/c1-11(2)7-16(4-5-17-11)9-8(12)6-14-10(13-3)15-9/h6H,4-5,7H2,1-3H3,(H,13,14,15). The van der Waals surface area contributed by atoms with Gasteiger partial charge in [0, 0.05) is 20.1 Å². The molecule has 1 fully saturated rings. The number of aromatic nitrogens is 2. The molecule has 0 aliphatic carbocycles. The highest BCUT2D eigenvalue weighted by Gasteiger charge is 2.29. The molecule has 1 aromatic rings. The summed E-state index contributed by atoms with van der Waals surface area (Å²) in [5.74, 6) is 0.355. The summed E-state index contributed by atoms with van der Waals surface area (Å²) in [6.45, 7) is 5.80. The van der Waals surface area contributed by atoms with Gasteiger partial charge in [0.15, 0.2) is 11.6 Å². The van der Waals surface area contributed by atoms with Gasteiger partial charge in [-0.1, -0.05) is 0 Å². The minimum atomic E-state index is -0.401. The second-order valence-electron chi connectivity index (χ2n) is 4.64. The molecule has 1 N–H and O–H groups in total. The van der Waals surface area contributed by atoms with Crippen LogP contribution in [0.2, 0.25) is 0 Å². The van der Waals surface area contributed by atoms with Crippen molar-refractivity contribution in [1.82, 2.24) is 9.97 Å². The molecule has 0 spiro atoms. The van der Waals surface area contributed by atoms with Gasteiger partial charge in [0.1, 0.15) is 0 Å². The number of halogens is 1. The molecule has 0 atom stereocenters. The summed E-state index contributed by atoms with van der Waals surface area (Å²) < 4.78 is 19.3. The zero-order valence-corrected chi connectivity index (χ0v) is 10.3. The zero-order valence-electron chi connectivity index (χ0n) is 10.3. The van der Waals surface area contributed by atoms with Crippen molar-refractivity contribution in [3.05, 3.63) is 12.0 Å². The Morgan fingerprint density at radius 2 is 2.29 bits per heavy atom. The lowest BCUT2D eigenvalue weighted by atomic mass is 10.1. The number of hydrogen-bond donors (Lipinski definition) is 1. The Labute approximate surface area is 100 Å². The third kappa shape index (κ3) is 2.63. The molecule has 2 heterocycles. The van der Waals surface area contributed by atoms with E-state index in [-0.39, 0.29) is 5.60 Å². The van der Waals surface area contributed by atoms with Crippen LogP contribution in [0, 0.1) is 5.82 Å². The second-order valence-corrected chi connectivity index (χ2v) is 4.64. The molecule has 0 radical (unpaired) electrons. The van der Waals surface area contributed by atoms with Crippen LogP contribution in [0.25, 0.3) is 0 Å². The van der Waals surface area contributed by atoms with Gasteiger partial charge in [0.25, 0.3) is 0 Å². The molecule has 1 saturated heterocycles. The first-order valence-electron chi connectivity index (χ1n) is 5.61. The van der Waals surface area contributed by atoms with Gasteiger partial charge in [-0.05, 0) is 13.8 Å². The Kier molecular flexibility index (Phi) is 3.15. The van der Waals surface area contributed by atoms with Crippen molar-refractivity contribution in [2.45, 2.75) is 19.4 Å². The normalized spacial score (nSPS) is 19.2. The Morgan fingerprint density at radius 1 is 1.53 bits per heavy atom. The molecule has 0 unspecified atom stereocenters. The maximum Gasteiger partial charge on any atom is 0.224 e. The fourth-order valence-electron chi connectivity index (χ4n) is 1.90. The van der Waals surface area contributed by atoms with Crippen molar-refractivity contribution in [3.8, 4) is 0 Å². The van der Waals surface area contributed by atoms with Crippen LogP contribution >= 0.6 is 0 Å². The highest BCUT2D eigenvalue weighted by Crippen LogP contribution is 2.24. The average Bonchev–Trinajstić information content (AvgIpc) is 2.28. The van der Waals surface area contributed by atoms with Crippen molar-refractivity contribution in [2.24, 2.45) is 0 Å². The van der Waals surface area contributed by atoms with Gasteiger partial charge in [0.05, 0.1) is 18.4 Å². The van der Waals surface area contributed by atoms with Gasteiger partial charge in [-0.3, -0.25) is 0 Å². The molecule has 1 aliphatic heterocycles. The largest absolute Gasteiger partial charge is 0.372 e. The summed E-state index contributed by atoms with van der Waals surface area (Å²) in [6, 6.07) is 0. The van der Waals surface area contributed by atoms with Crippen molar-refractivity contribution >= 4 is 11.8 Å². The number of morpholine rings is 1. The van der Waals surface area contributed by atoms with E-state index in [1.165, 1.54) is 6.20 Å². The highest BCUT2D eigenvalue weighted by molar-refractivity contribution is 5.44. The van der Waals surface area contributed by atoms with Gasteiger partial charge in [-0.2, -0.15) is 4.98 Å². The van der Waals surface area contributed by atoms with Gasteiger partial charge >= 0.3 is 0 Å². The number of anilines is 2. The number of ether oxygens (including phenoxy) is 1.